The van der Waals surface area contributed by atoms with Gasteiger partial charge in [-0.1, -0.05) is 42.5 Å². The Balaban J connectivity index is 1.31. The van der Waals surface area contributed by atoms with Crippen molar-refractivity contribution in [2.75, 3.05) is 43.4 Å². The van der Waals surface area contributed by atoms with Crippen LogP contribution in [0.5, 0.6) is 0 Å². The fraction of sp³-hybridized carbons (Fsp3) is 0.172. The molecule has 0 unspecified atom stereocenters. The lowest BCUT2D eigenvalue weighted by Gasteiger charge is -2.33. The first-order valence-electron chi connectivity index (χ1n) is 12.4. The molecule has 0 bridgehead atoms. The first-order valence-corrected chi connectivity index (χ1v) is 12.4. The van der Waals surface area contributed by atoms with Crippen LogP contribution >= 0.6 is 0 Å². The van der Waals surface area contributed by atoms with Gasteiger partial charge in [0.2, 0.25) is 5.89 Å². The van der Waals surface area contributed by atoms with Crippen molar-refractivity contribution < 1.29 is 14.1 Å². The summed E-state index contributed by atoms with van der Waals surface area (Å²) < 4.78 is 6.18. The molecule has 38 heavy (non-hydrogen) atoms. The highest BCUT2D eigenvalue weighted by atomic mass is 16.6. The number of benzene rings is 4. The number of nitro benzene ring substituents is 1. The molecule has 0 spiro atoms. The molecule has 1 aromatic heterocycles. The summed E-state index contributed by atoms with van der Waals surface area (Å²) in [7, 11) is 2.03. The van der Waals surface area contributed by atoms with Gasteiger partial charge < -0.3 is 19.5 Å². The van der Waals surface area contributed by atoms with E-state index in [9.17, 15) is 14.9 Å². The maximum Gasteiger partial charge on any atom is 0.293 e. The molecule has 4 aromatic carbocycles. The van der Waals surface area contributed by atoms with Crippen LogP contribution < -0.4 is 10.2 Å². The quantitative estimate of drug-likeness (QED) is 0.245. The summed E-state index contributed by atoms with van der Waals surface area (Å²) in [5.74, 6) is -0.0734. The minimum Gasteiger partial charge on any atom is -0.435 e. The predicted molar refractivity (Wildman–Crippen MR) is 148 cm³/mol. The fourth-order valence-electron chi connectivity index (χ4n) is 4.87. The molecule has 1 aliphatic heterocycles. The van der Waals surface area contributed by atoms with Gasteiger partial charge in [-0.15, -0.1) is 0 Å². The van der Waals surface area contributed by atoms with E-state index in [2.05, 4.69) is 15.2 Å². The Kier molecular flexibility index (Phi) is 5.97. The largest absolute Gasteiger partial charge is 0.435 e. The van der Waals surface area contributed by atoms with Crippen LogP contribution in [0.3, 0.4) is 0 Å². The second-order valence-corrected chi connectivity index (χ2v) is 9.40. The highest BCUT2D eigenvalue weighted by molar-refractivity contribution is 6.07. The van der Waals surface area contributed by atoms with Crippen LogP contribution in [0.25, 0.3) is 33.3 Å². The van der Waals surface area contributed by atoms with Crippen molar-refractivity contribution in [3.8, 4) is 11.5 Å². The molecule has 0 saturated carbocycles. The average molecular weight is 508 g/mol. The highest BCUT2D eigenvalue weighted by Gasteiger charge is 2.25. The zero-order chi connectivity index (χ0) is 26.2. The number of hydrogen-bond acceptors (Lipinski definition) is 7. The number of fused-ring (bicyclic) bond motifs is 3. The van der Waals surface area contributed by atoms with E-state index in [1.807, 2.05) is 60.5 Å². The lowest BCUT2D eigenvalue weighted by atomic mass is 10.1. The van der Waals surface area contributed by atoms with Crippen molar-refractivity contribution in [1.82, 2.24) is 9.88 Å². The first-order chi connectivity index (χ1) is 18.5. The van der Waals surface area contributed by atoms with Gasteiger partial charge in [0, 0.05) is 43.2 Å². The van der Waals surface area contributed by atoms with Crippen molar-refractivity contribution in [3.05, 3.63) is 94.5 Å². The molecular weight excluding hydrogens is 482 g/mol. The fourth-order valence-corrected chi connectivity index (χ4v) is 4.87. The van der Waals surface area contributed by atoms with Crippen molar-refractivity contribution >= 4 is 44.8 Å². The zero-order valence-electron chi connectivity index (χ0n) is 20.8. The standard InChI is InChI=1S/C29H25N5O4/c1-32-14-16-33(17-15-32)25-13-11-20(18-26(25)34(36)37)28(35)30-23-9-5-4-8-22(23)29-31-24-12-10-19-6-2-3-7-21(19)27(24)38-29/h2-13,18H,14-17H2,1H3,(H,30,35). The Hall–Kier alpha value is -4.76. The average Bonchev–Trinajstić information content (AvgIpc) is 3.38. The number of amides is 1. The number of aromatic nitrogens is 1. The van der Waals surface area contributed by atoms with Gasteiger partial charge in [-0.25, -0.2) is 4.98 Å². The molecule has 1 aliphatic rings. The van der Waals surface area contributed by atoms with E-state index in [-0.39, 0.29) is 11.3 Å². The van der Waals surface area contributed by atoms with E-state index in [4.69, 9.17) is 4.42 Å². The molecule has 0 radical (unpaired) electrons. The number of carbonyl (C=O) groups excluding carboxylic acids is 1. The van der Waals surface area contributed by atoms with E-state index < -0.39 is 10.8 Å². The smallest absolute Gasteiger partial charge is 0.293 e. The summed E-state index contributed by atoms with van der Waals surface area (Å²) in [4.78, 5) is 33.5. The van der Waals surface area contributed by atoms with E-state index in [0.717, 1.165) is 29.4 Å². The minimum atomic E-state index is -0.452. The Bertz CT molecular complexity index is 1690. The number of nitrogens with zero attached hydrogens (tertiary/aromatic N) is 4. The summed E-state index contributed by atoms with van der Waals surface area (Å²) in [6.45, 7) is 3.02. The molecule has 1 amide bonds. The Morgan fingerprint density at radius 2 is 1.74 bits per heavy atom. The summed E-state index contributed by atoms with van der Waals surface area (Å²) >= 11 is 0. The van der Waals surface area contributed by atoms with Crippen LogP contribution in [-0.2, 0) is 0 Å². The maximum atomic E-state index is 13.2. The molecule has 2 heterocycles. The monoisotopic (exact) mass is 507 g/mol. The van der Waals surface area contributed by atoms with Crippen LogP contribution in [0, 0.1) is 10.1 Å². The van der Waals surface area contributed by atoms with Gasteiger partial charge in [0.05, 0.1) is 16.2 Å². The molecule has 9 heteroatoms. The van der Waals surface area contributed by atoms with Crippen LogP contribution in [0.1, 0.15) is 10.4 Å². The van der Waals surface area contributed by atoms with Crippen molar-refractivity contribution in [2.24, 2.45) is 0 Å². The van der Waals surface area contributed by atoms with Gasteiger partial charge >= 0.3 is 0 Å². The van der Waals surface area contributed by atoms with Gasteiger partial charge in [-0.05, 0) is 42.8 Å². The molecule has 1 N–H and O–H groups in total. The Morgan fingerprint density at radius 3 is 2.55 bits per heavy atom. The third kappa shape index (κ3) is 4.33. The number of para-hydroxylation sites is 1. The minimum absolute atomic E-state index is 0.0821. The Morgan fingerprint density at radius 1 is 0.974 bits per heavy atom. The highest BCUT2D eigenvalue weighted by Crippen LogP contribution is 2.34. The first kappa shape index (κ1) is 23.6. The number of nitro groups is 1. The predicted octanol–water partition coefficient (Wildman–Crippen LogP) is 5.56. The normalized spacial score (nSPS) is 14.2. The SMILES string of the molecule is CN1CCN(c2ccc(C(=O)Nc3ccccc3-c3nc4ccc5ccccc5c4o3)cc2[N+](=O)[O-])CC1. The van der Waals surface area contributed by atoms with Crippen molar-refractivity contribution in [2.45, 2.75) is 0 Å². The number of carbonyl (C=O) groups is 1. The summed E-state index contributed by atoms with van der Waals surface area (Å²) in [6, 6.07) is 23.7. The topological polar surface area (TPSA) is 105 Å². The second-order valence-electron chi connectivity index (χ2n) is 9.40. The number of piperazine rings is 1. The number of rotatable bonds is 5. The van der Waals surface area contributed by atoms with Gasteiger partial charge in [0.15, 0.2) is 5.58 Å². The molecule has 5 aromatic rings. The van der Waals surface area contributed by atoms with Crippen LogP contribution in [0.2, 0.25) is 0 Å². The third-order valence-electron chi connectivity index (χ3n) is 6.96. The molecule has 0 atom stereocenters. The van der Waals surface area contributed by atoms with Crippen molar-refractivity contribution in [3.63, 3.8) is 0 Å². The molecule has 0 aliphatic carbocycles. The molecule has 1 saturated heterocycles. The second kappa shape index (κ2) is 9.60. The third-order valence-corrected chi connectivity index (χ3v) is 6.96. The van der Waals surface area contributed by atoms with Gasteiger partial charge in [-0.3, -0.25) is 14.9 Å². The van der Waals surface area contributed by atoms with Crippen molar-refractivity contribution in [1.29, 1.82) is 0 Å². The summed E-state index contributed by atoms with van der Waals surface area (Å²) in [5, 5.41) is 16.8. The molecule has 9 nitrogen and oxygen atoms in total. The van der Waals surface area contributed by atoms with Gasteiger partial charge in [-0.2, -0.15) is 0 Å². The number of nitrogens with one attached hydrogen (secondary N) is 1. The van der Waals surface area contributed by atoms with Crippen LogP contribution in [-0.4, -0.2) is 53.9 Å². The molecule has 6 rings (SSSR count). The van der Waals surface area contributed by atoms with E-state index in [1.165, 1.54) is 6.07 Å². The van der Waals surface area contributed by atoms with E-state index in [1.54, 1.807) is 24.3 Å². The lowest BCUT2D eigenvalue weighted by molar-refractivity contribution is -0.384. The molecular formula is C29H25N5O4. The molecule has 190 valence electrons. The zero-order valence-corrected chi connectivity index (χ0v) is 20.8. The van der Waals surface area contributed by atoms with E-state index in [0.29, 0.717) is 41.5 Å². The number of hydrogen-bond donors (Lipinski definition) is 1. The number of likely N-dealkylation sites (N-methyl/N-ethyl adjacent to an activating group) is 1. The van der Waals surface area contributed by atoms with E-state index >= 15 is 0 Å². The Labute approximate surface area is 218 Å². The van der Waals surface area contributed by atoms with Gasteiger partial charge in [0.1, 0.15) is 11.2 Å². The number of anilines is 2. The lowest BCUT2D eigenvalue weighted by Crippen LogP contribution is -2.44. The summed E-state index contributed by atoms with van der Waals surface area (Å²) in [5.41, 5.74) is 3.15. The summed E-state index contributed by atoms with van der Waals surface area (Å²) in [6.07, 6.45) is 0. The molecule has 1 fully saturated rings. The number of oxazole rings is 1. The van der Waals surface area contributed by atoms with Gasteiger partial charge in [0.25, 0.3) is 11.6 Å². The maximum absolute atomic E-state index is 13.2. The van der Waals surface area contributed by atoms with Crippen LogP contribution in [0.15, 0.2) is 83.3 Å². The van der Waals surface area contributed by atoms with Crippen LogP contribution in [0.4, 0.5) is 17.1 Å².